The molecule has 0 aromatic rings. The van der Waals surface area contributed by atoms with Crippen LogP contribution in [0.3, 0.4) is 0 Å². The van der Waals surface area contributed by atoms with Crippen LogP contribution in [0.15, 0.2) is 0 Å². The van der Waals surface area contributed by atoms with Crippen molar-refractivity contribution in [2.45, 2.75) is 64.3 Å². The van der Waals surface area contributed by atoms with Crippen molar-refractivity contribution in [3.05, 3.63) is 0 Å². The predicted octanol–water partition coefficient (Wildman–Crippen LogP) is 3.03. The molecule has 2 unspecified atom stereocenters. The lowest BCUT2D eigenvalue weighted by atomic mass is 9.73. The molecule has 0 bridgehead atoms. The number of hydrogen-bond acceptors (Lipinski definition) is 2. The maximum absolute atomic E-state index is 3.65. The fourth-order valence-electron chi connectivity index (χ4n) is 4.71. The van der Waals surface area contributed by atoms with E-state index < -0.39 is 0 Å². The van der Waals surface area contributed by atoms with E-state index in [4.69, 9.17) is 0 Å². The lowest BCUT2D eigenvalue weighted by Gasteiger charge is -2.48. The van der Waals surface area contributed by atoms with Crippen LogP contribution >= 0.6 is 0 Å². The van der Waals surface area contributed by atoms with Crippen LogP contribution < -0.4 is 5.32 Å². The molecule has 1 aliphatic carbocycles. The van der Waals surface area contributed by atoms with Crippen LogP contribution in [0, 0.1) is 11.3 Å². The van der Waals surface area contributed by atoms with Crippen molar-refractivity contribution in [1.82, 2.24) is 10.2 Å². The highest BCUT2D eigenvalue weighted by Crippen LogP contribution is 2.39. The Morgan fingerprint density at radius 3 is 2.61 bits per heavy atom. The minimum atomic E-state index is 0.628. The Morgan fingerprint density at radius 1 is 1.11 bits per heavy atom. The van der Waals surface area contributed by atoms with Gasteiger partial charge in [-0.3, -0.25) is 4.90 Å². The Labute approximate surface area is 113 Å². The van der Waals surface area contributed by atoms with Gasteiger partial charge in [0.2, 0.25) is 0 Å². The van der Waals surface area contributed by atoms with Gasteiger partial charge in [0, 0.05) is 19.1 Å². The Hall–Kier alpha value is -0.0800. The third kappa shape index (κ3) is 2.60. The van der Waals surface area contributed by atoms with Gasteiger partial charge in [-0.1, -0.05) is 12.8 Å². The topological polar surface area (TPSA) is 15.3 Å². The van der Waals surface area contributed by atoms with Crippen molar-refractivity contribution < 1.29 is 0 Å². The summed E-state index contributed by atoms with van der Waals surface area (Å²) in [7, 11) is 0. The molecule has 18 heavy (non-hydrogen) atoms. The van der Waals surface area contributed by atoms with Crippen molar-refractivity contribution in [2.75, 3.05) is 26.2 Å². The first-order valence-electron chi connectivity index (χ1n) is 8.24. The zero-order valence-corrected chi connectivity index (χ0v) is 12.1. The predicted molar refractivity (Wildman–Crippen MR) is 76.8 cm³/mol. The fourth-order valence-corrected chi connectivity index (χ4v) is 4.71. The molecule has 2 heteroatoms. The van der Waals surface area contributed by atoms with Crippen molar-refractivity contribution in [3.8, 4) is 0 Å². The summed E-state index contributed by atoms with van der Waals surface area (Å²) < 4.78 is 0. The normalized spacial score (nSPS) is 37.2. The van der Waals surface area contributed by atoms with E-state index in [0.717, 1.165) is 12.0 Å². The van der Waals surface area contributed by atoms with E-state index in [-0.39, 0.29) is 0 Å². The highest BCUT2D eigenvalue weighted by atomic mass is 15.2. The van der Waals surface area contributed by atoms with E-state index in [1.54, 1.807) is 0 Å². The largest absolute Gasteiger partial charge is 0.316 e. The molecule has 2 heterocycles. The Kier molecular flexibility index (Phi) is 3.95. The van der Waals surface area contributed by atoms with Gasteiger partial charge >= 0.3 is 0 Å². The standard InChI is InChI=1S/C16H30N2/c1-14(15-6-2-3-7-15)18-11-5-9-16(13-18)8-4-10-17-12-16/h14-15,17H,2-13H2,1H3. The molecule has 2 saturated heterocycles. The summed E-state index contributed by atoms with van der Waals surface area (Å²) in [6.07, 6.45) is 11.7. The summed E-state index contributed by atoms with van der Waals surface area (Å²) in [6, 6.07) is 0.839. The van der Waals surface area contributed by atoms with Gasteiger partial charge in [0.25, 0.3) is 0 Å². The smallest absolute Gasteiger partial charge is 0.00954 e. The number of hydrogen-bond donors (Lipinski definition) is 1. The van der Waals surface area contributed by atoms with E-state index in [1.165, 1.54) is 77.5 Å². The second-order valence-corrected chi connectivity index (χ2v) is 7.14. The Balaban J connectivity index is 1.62. The number of nitrogens with one attached hydrogen (secondary N) is 1. The first-order chi connectivity index (χ1) is 8.79. The van der Waals surface area contributed by atoms with Crippen molar-refractivity contribution in [1.29, 1.82) is 0 Å². The van der Waals surface area contributed by atoms with Gasteiger partial charge in [0.05, 0.1) is 0 Å². The summed E-state index contributed by atoms with van der Waals surface area (Å²) in [4.78, 5) is 2.84. The van der Waals surface area contributed by atoms with Gasteiger partial charge in [-0.15, -0.1) is 0 Å². The maximum atomic E-state index is 3.65. The Morgan fingerprint density at radius 2 is 1.89 bits per heavy atom. The molecule has 2 atom stereocenters. The van der Waals surface area contributed by atoms with Crippen LogP contribution in [0.2, 0.25) is 0 Å². The van der Waals surface area contributed by atoms with Gasteiger partial charge in [-0.05, 0) is 69.9 Å². The molecular formula is C16H30N2. The van der Waals surface area contributed by atoms with Crippen molar-refractivity contribution >= 4 is 0 Å². The Bertz CT molecular complexity index is 259. The van der Waals surface area contributed by atoms with Gasteiger partial charge in [0.1, 0.15) is 0 Å². The van der Waals surface area contributed by atoms with Crippen molar-refractivity contribution in [2.24, 2.45) is 11.3 Å². The number of likely N-dealkylation sites (tertiary alicyclic amines) is 1. The van der Waals surface area contributed by atoms with Crippen LogP contribution in [-0.4, -0.2) is 37.1 Å². The molecule has 104 valence electrons. The third-order valence-corrected chi connectivity index (χ3v) is 5.91. The number of piperidine rings is 2. The van der Waals surface area contributed by atoms with Crippen LogP contribution in [0.4, 0.5) is 0 Å². The SMILES string of the molecule is CC(C1CCCC1)N1CCCC2(CCCNC2)C1. The lowest BCUT2D eigenvalue weighted by Crippen LogP contribution is -2.54. The summed E-state index contributed by atoms with van der Waals surface area (Å²) in [5, 5.41) is 3.65. The first kappa shape index (κ1) is 12.9. The summed E-state index contributed by atoms with van der Waals surface area (Å²) in [5.74, 6) is 0.997. The molecule has 2 aliphatic heterocycles. The third-order valence-electron chi connectivity index (χ3n) is 5.91. The molecule has 1 spiro atoms. The van der Waals surface area contributed by atoms with Crippen LogP contribution in [0.5, 0.6) is 0 Å². The van der Waals surface area contributed by atoms with Crippen LogP contribution in [0.1, 0.15) is 58.3 Å². The molecule has 1 saturated carbocycles. The van der Waals surface area contributed by atoms with E-state index in [9.17, 15) is 0 Å². The fraction of sp³-hybridized carbons (Fsp3) is 1.00. The quantitative estimate of drug-likeness (QED) is 0.810. The van der Waals surface area contributed by atoms with E-state index >= 15 is 0 Å². The second kappa shape index (κ2) is 5.50. The van der Waals surface area contributed by atoms with Gasteiger partial charge < -0.3 is 5.32 Å². The highest BCUT2D eigenvalue weighted by Gasteiger charge is 2.39. The second-order valence-electron chi connectivity index (χ2n) is 7.14. The lowest BCUT2D eigenvalue weighted by molar-refractivity contribution is 0.0258. The average Bonchev–Trinajstić information content (AvgIpc) is 2.93. The molecule has 2 nitrogen and oxygen atoms in total. The van der Waals surface area contributed by atoms with E-state index in [0.29, 0.717) is 5.41 Å². The summed E-state index contributed by atoms with van der Waals surface area (Å²) >= 11 is 0. The van der Waals surface area contributed by atoms with E-state index in [1.807, 2.05) is 0 Å². The molecule has 3 aliphatic rings. The highest BCUT2D eigenvalue weighted by molar-refractivity contribution is 4.94. The van der Waals surface area contributed by atoms with Crippen LogP contribution in [0.25, 0.3) is 0 Å². The molecule has 0 aromatic heterocycles. The molecule has 3 fully saturated rings. The van der Waals surface area contributed by atoms with Crippen LogP contribution in [-0.2, 0) is 0 Å². The van der Waals surface area contributed by atoms with Gasteiger partial charge in [0.15, 0.2) is 0 Å². The zero-order valence-electron chi connectivity index (χ0n) is 12.1. The summed E-state index contributed by atoms with van der Waals surface area (Å²) in [5.41, 5.74) is 0.628. The zero-order chi connectivity index (χ0) is 12.4. The van der Waals surface area contributed by atoms with Crippen molar-refractivity contribution in [3.63, 3.8) is 0 Å². The summed E-state index contributed by atoms with van der Waals surface area (Å²) in [6.45, 7) is 7.77. The first-order valence-corrected chi connectivity index (χ1v) is 8.24. The molecule has 3 rings (SSSR count). The minimum Gasteiger partial charge on any atom is -0.316 e. The molecular weight excluding hydrogens is 220 g/mol. The average molecular weight is 250 g/mol. The van der Waals surface area contributed by atoms with E-state index in [2.05, 4.69) is 17.1 Å². The molecule has 0 amide bonds. The maximum Gasteiger partial charge on any atom is 0.00954 e. The number of rotatable bonds is 2. The van der Waals surface area contributed by atoms with Gasteiger partial charge in [-0.25, -0.2) is 0 Å². The van der Waals surface area contributed by atoms with Gasteiger partial charge in [-0.2, -0.15) is 0 Å². The monoisotopic (exact) mass is 250 g/mol. The number of nitrogens with zero attached hydrogens (tertiary/aromatic N) is 1. The molecule has 0 aromatic carbocycles. The molecule has 1 N–H and O–H groups in total. The molecule has 0 radical (unpaired) electrons. The minimum absolute atomic E-state index is 0.628.